The van der Waals surface area contributed by atoms with Gasteiger partial charge in [-0.25, -0.2) is 18.1 Å². The van der Waals surface area contributed by atoms with Gasteiger partial charge in [0.15, 0.2) is 0 Å². The number of hydrogen-bond donors (Lipinski definition) is 3. The average Bonchev–Trinajstić information content (AvgIpc) is 3.41. The van der Waals surface area contributed by atoms with Crippen molar-refractivity contribution in [1.29, 1.82) is 0 Å². The van der Waals surface area contributed by atoms with Gasteiger partial charge in [-0.15, -0.1) is 0 Å². The number of carbonyl (C=O) groups is 1. The van der Waals surface area contributed by atoms with E-state index in [0.717, 1.165) is 31.2 Å². The van der Waals surface area contributed by atoms with E-state index in [-0.39, 0.29) is 16.8 Å². The summed E-state index contributed by atoms with van der Waals surface area (Å²) in [6, 6.07) is 6.05. The number of benzene rings is 1. The first kappa shape index (κ1) is 23.4. The summed E-state index contributed by atoms with van der Waals surface area (Å²) < 4.78 is 27.7. The number of aliphatic hydroxyl groups is 1. The quantitative estimate of drug-likeness (QED) is 0.440. The molecule has 2 heterocycles. The van der Waals surface area contributed by atoms with Crippen LogP contribution in [0.5, 0.6) is 0 Å². The number of amides is 1. The smallest absolute Gasteiger partial charge is 0.239 e. The second kappa shape index (κ2) is 7.57. The van der Waals surface area contributed by atoms with Crippen molar-refractivity contribution >= 4 is 56.9 Å². The van der Waals surface area contributed by atoms with Crippen molar-refractivity contribution in [3.05, 3.63) is 36.0 Å². The molecule has 1 aromatic heterocycles. The minimum Gasteiger partial charge on any atom is -0.388 e. The van der Waals surface area contributed by atoms with Gasteiger partial charge in [-0.05, 0) is 63.3 Å². The minimum atomic E-state index is -3.63. The fourth-order valence-corrected chi connectivity index (χ4v) is 6.56. The summed E-state index contributed by atoms with van der Waals surface area (Å²) in [5.74, 6) is 0.901. The molecule has 1 amide bonds. The zero-order valence-electron chi connectivity index (χ0n) is 19.9. The van der Waals surface area contributed by atoms with Crippen LogP contribution in [0.3, 0.4) is 0 Å². The molecule has 13 heteroatoms. The standard InChI is InChI=1S/C21H28B3N5O4S/c1-19(31)8-2-3-15(19)29-16-14(20(9-10-20)17(29)30)11-25-18(27-16)26-12-4-6-13(7-5-12)34(32,33)28-21(22,23)24/h4-7,11,15,28,31H,2-3,8-10,22-24H2,1H3,(H,25,26,27)/t15-,19-/m1/s1. The van der Waals surface area contributed by atoms with Crippen molar-refractivity contribution in [2.45, 2.75) is 66.2 Å². The third-order valence-corrected chi connectivity index (χ3v) is 8.72. The van der Waals surface area contributed by atoms with Crippen LogP contribution >= 0.6 is 0 Å². The summed E-state index contributed by atoms with van der Waals surface area (Å²) in [6.45, 7) is 1.79. The van der Waals surface area contributed by atoms with Gasteiger partial charge in [0.05, 0.1) is 22.0 Å². The van der Waals surface area contributed by atoms with Crippen LogP contribution in [-0.2, 0) is 20.2 Å². The van der Waals surface area contributed by atoms with E-state index < -0.39 is 26.3 Å². The Morgan fingerprint density at radius 1 is 1.18 bits per heavy atom. The largest absolute Gasteiger partial charge is 0.388 e. The Balaban J connectivity index is 1.42. The highest BCUT2D eigenvalue weighted by molar-refractivity contribution is 7.89. The summed E-state index contributed by atoms with van der Waals surface area (Å²) in [7, 11) is 1.73. The highest BCUT2D eigenvalue weighted by Crippen LogP contribution is 2.58. The molecule has 0 saturated heterocycles. The molecule has 34 heavy (non-hydrogen) atoms. The number of aromatic nitrogens is 2. The molecule has 1 aromatic carbocycles. The fraction of sp³-hybridized carbons (Fsp3) is 0.476. The van der Waals surface area contributed by atoms with Crippen LogP contribution in [0.1, 0.15) is 44.6 Å². The maximum Gasteiger partial charge on any atom is 0.239 e. The van der Waals surface area contributed by atoms with E-state index in [1.165, 1.54) is 12.1 Å². The van der Waals surface area contributed by atoms with Crippen LogP contribution in [0.15, 0.2) is 35.4 Å². The summed E-state index contributed by atoms with van der Waals surface area (Å²) in [5.41, 5.74) is -0.0309. The lowest BCUT2D eigenvalue weighted by Crippen LogP contribution is -2.50. The summed E-state index contributed by atoms with van der Waals surface area (Å²) in [5, 5.41) is 13.4. The number of sulfonamides is 1. The Morgan fingerprint density at radius 3 is 2.41 bits per heavy atom. The normalized spacial score (nSPS) is 25.5. The first-order chi connectivity index (χ1) is 15.8. The zero-order chi connectivity index (χ0) is 24.5. The van der Waals surface area contributed by atoms with Crippen LogP contribution < -0.4 is 14.9 Å². The second-order valence-corrected chi connectivity index (χ2v) is 12.6. The SMILES string of the molecule is BC(B)(B)NS(=O)(=O)c1ccc(Nc2ncc3c(n2)N([C@@H]2CCC[C@@]2(C)O)C(=O)C32CC2)cc1. The molecule has 2 aliphatic carbocycles. The lowest BCUT2D eigenvalue weighted by atomic mass is 9.50. The van der Waals surface area contributed by atoms with E-state index in [0.29, 0.717) is 23.9 Å². The lowest BCUT2D eigenvalue weighted by molar-refractivity contribution is -0.121. The maximum absolute atomic E-state index is 13.4. The Kier molecular flexibility index (Phi) is 5.20. The van der Waals surface area contributed by atoms with Gasteiger partial charge in [-0.3, -0.25) is 9.69 Å². The molecule has 176 valence electrons. The molecule has 3 aliphatic rings. The monoisotopic (exact) mass is 479 g/mol. The zero-order valence-corrected chi connectivity index (χ0v) is 20.7. The number of rotatable bonds is 6. The van der Waals surface area contributed by atoms with Gasteiger partial charge in [0.1, 0.15) is 29.4 Å². The van der Waals surface area contributed by atoms with Gasteiger partial charge in [0.25, 0.3) is 0 Å². The Bertz CT molecular complexity index is 1260. The van der Waals surface area contributed by atoms with E-state index in [1.54, 1.807) is 53.7 Å². The van der Waals surface area contributed by atoms with Crippen molar-refractivity contribution in [1.82, 2.24) is 14.7 Å². The lowest BCUT2D eigenvalue weighted by Gasteiger charge is -2.33. The summed E-state index contributed by atoms with van der Waals surface area (Å²) >= 11 is 0. The van der Waals surface area contributed by atoms with Gasteiger partial charge in [0, 0.05) is 17.4 Å². The van der Waals surface area contributed by atoms with Crippen molar-refractivity contribution in [2.75, 3.05) is 10.2 Å². The van der Waals surface area contributed by atoms with Crippen LogP contribution in [0, 0.1) is 0 Å². The molecular formula is C21H28B3N5O4S. The van der Waals surface area contributed by atoms with Gasteiger partial charge < -0.3 is 10.4 Å². The second-order valence-electron chi connectivity index (χ2n) is 11.0. The fourth-order valence-electron chi connectivity index (χ4n) is 5.14. The molecule has 2 saturated carbocycles. The molecule has 0 radical (unpaired) electrons. The molecule has 1 aliphatic heterocycles. The molecule has 1 spiro atoms. The Hall–Kier alpha value is -2.37. The molecule has 0 bridgehead atoms. The summed E-state index contributed by atoms with van der Waals surface area (Å²) in [6.07, 6.45) is 5.52. The number of fused-ring (bicyclic) bond motifs is 2. The number of hydrogen-bond acceptors (Lipinski definition) is 7. The van der Waals surface area contributed by atoms with E-state index in [9.17, 15) is 18.3 Å². The molecule has 9 nitrogen and oxygen atoms in total. The highest BCUT2D eigenvalue weighted by Gasteiger charge is 2.63. The maximum atomic E-state index is 13.4. The number of anilines is 3. The number of nitrogens with zero attached hydrogens (tertiary/aromatic N) is 3. The first-order valence-electron chi connectivity index (χ1n) is 11.7. The van der Waals surface area contributed by atoms with Crippen molar-refractivity contribution < 1.29 is 18.3 Å². The van der Waals surface area contributed by atoms with Gasteiger partial charge in [-0.1, -0.05) is 5.24 Å². The molecular weight excluding hydrogens is 451 g/mol. The van der Waals surface area contributed by atoms with Gasteiger partial charge in [0.2, 0.25) is 21.9 Å². The van der Waals surface area contributed by atoms with Crippen LogP contribution in [0.4, 0.5) is 17.5 Å². The third kappa shape index (κ3) is 3.93. The highest BCUT2D eigenvalue weighted by atomic mass is 32.2. The van der Waals surface area contributed by atoms with Crippen LogP contribution in [0.2, 0.25) is 0 Å². The predicted molar refractivity (Wildman–Crippen MR) is 137 cm³/mol. The van der Waals surface area contributed by atoms with E-state index >= 15 is 0 Å². The van der Waals surface area contributed by atoms with E-state index in [4.69, 9.17) is 0 Å². The van der Waals surface area contributed by atoms with Crippen molar-refractivity contribution in [2.24, 2.45) is 0 Å². The van der Waals surface area contributed by atoms with E-state index in [2.05, 4.69) is 20.0 Å². The average molecular weight is 479 g/mol. The Morgan fingerprint density at radius 2 is 1.85 bits per heavy atom. The number of nitrogens with one attached hydrogen (secondary N) is 2. The minimum absolute atomic E-state index is 0.0158. The van der Waals surface area contributed by atoms with Gasteiger partial charge in [-0.2, -0.15) is 4.98 Å². The van der Waals surface area contributed by atoms with E-state index in [1.807, 2.05) is 0 Å². The summed E-state index contributed by atoms with van der Waals surface area (Å²) in [4.78, 5) is 24.4. The molecule has 0 unspecified atom stereocenters. The molecule has 2 fully saturated rings. The topological polar surface area (TPSA) is 125 Å². The van der Waals surface area contributed by atoms with Gasteiger partial charge >= 0.3 is 0 Å². The van der Waals surface area contributed by atoms with Crippen LogP contribution in [-0.4, -0.2) is 69.8 Å². The predicted octanol–water partition coefficient (Wildman–Crippen LogP) is -1.31. The first-order valence-corrected chi connectivity index (χ1v) is 13.2. The molecule has 3 N–H and O–H groups in total. The molecule has 2 aromatic rings. The molecule has 5 rings (SSSR count). The third-order valence-electron chi connectivity index (χ3n) is 6.94. The molecule has 2 atom stereocenters. The number of carbonyl (C=O) groups excluding carboxylic acids is 1. The Labute approximate surface area is 202 Å². The van der Waals surface area contributed by atoms with Crippen LogP contribution in [0.25, 0.3) is 0 Å². The van der Waals surface area contributed by atoms with Crippen molar-refractivity contribution in [3.8, 4) is 0 Å². The van der Waals surface area contributed by atoms with Crippen molar-refractivity contribution in [3.63, 3.8) is 0 Å².